The second-order valence-corrected chi connectivity index (χ2v) is 3.49. The maximum Gasteiger partial charge on any atom is 0.256 e. The smallest absolute Gasteiger partial charge is 0.256 e. The van der Waals surface area contributed by atoms with Crippen LogP contribution in [0.1, 0.15) is 10.4 Å². The highest BCUT2D eigenvalue weighted by Crippen LogP contribution is 2.16. The number of likely N-dealkylation sites (N-methyl/N-ethyl adjacent to an activating group) is 2. The number of aromatic hydroxyl groups is 1. The molecule has 0 aliphatic heterocycles. The lowest BCUT2D eigenvalue weighted by Gasteiger charge is -2.17. The molecule has 16 heavy (non-hydrogen) atoms. The van der Waals surface area contributed by atoms with Crippen molar-refractivity contribution in [2.45, 2.75) is 0 Å². The average Bonchev–Trinajstić information content (AvgIpc) is 2.25. The second-order valence-electron chi connectivity index (χ2n) is 3.49. The first-order valence-electron chi connectivity index (χ1n) is 4.95. The minimum absolute atomic E-state index is 0.0311. The number of nitrogens with one attached hydrogen (secondary N) is 1. The number of benzene rings is 1. The van der Waals surface area contributed by atoms with Gasteiger partial charge in [0.2, 0.25) is 0 Å². The van der Waals surface area contributed by atoms with Crippen molar-refractivity contribution in [1.29, 1.82) is 0 Å². The van der Waals surface area contributed by atoms with Crippen LogP contribution in [0.15, 0.2) is 18.2 Å². The Morgan fingerprint density at radius 2 is 2.25 bits per heavy atom. The van der Waals surface area contributed by atoms with Crippen LogP contribution in [0.25, 0.3) is 0 Å². The Bertz CT molecular complexity index is 382. The van der Waals surface area contributed by atoms with Crippen LogP contribution in [0.5, 0.6) is 5.75 Å². The molecule has 0 spiro atoms. The van der Waals surface area contributed by atoms with E-state index < -0.39 is 11.7 Å². The molecule has 0 fully saturated rings. The van der Waals surface area contributed by atoms with Crippen molar-refractivity contribution in [3.05, 3.63) is 29.6 Å². The summed E-state index contributed by atoms with van der Waals surface area (Å²) in [6, 6.07) is 3.50. The van der Waals surface area contributed by atoms with E-state index in [0.717, 1.165) is 6.07 Å². The fourth-order valence-corrected chi connectivity index (χ4v) is 1.26. The van der Waals surface area contributed by atoms with Crippen LogP contribution < -0.4 is 5.32 Å². The van der Waals surface area contributed by atoms with Crippen LogP contribution in [-0.2, 0) is 0 Å². The Balaban J connectivity index is 2.79. The number of halogens is 1. The SMILES string of the molecule is CNCCN(C)C(=O)c1ccc(O)cc1F. The lowest BCUT2D eigenvalue weighted by atomic mass is 10.2. The molecular weight excluding hydrogens is 211 g/mol. The highest BCUT2D eigenvalue weighted by atomic mass is 19.1. The lowest BCUT2D eigenvalue weighted by Crippen LogP contribution is -2.33. The van der Waals surface area contributed by atoms with Gasteiger partial charge in [-0.05, 0) is 19.2 Å². The molecule has 0 unspecified atom stereocenters. The average molecular weight is 226 g/mol. The van der Waals surface area contributed by atoms with Gasteiger partial charge in [0.25, 0.3) is 5.91 Å². The van der Waals surface area contributed by atoms with Crippen LogP contribution in [0.2, 0.25) is 0 Å². The standard InChI is InChI=1S/C11H15FN2O2/c1-13-5-6-14(2)11(16)9-4-3-8(15)7-10(9)12/h3-4,7,13,15H,5-6H2,1-2H3. The van der Waals surface area contributed by atoms with Gasteiger partial charge in [-0.3, -0.25) is 4.79 Å². The van der Waals surface area contributed by atoms with Crippen molar-refractivity contribution in [1.82, 2.24) is 10.2 Å². The van der Waals surface area contributed by atoms with Crippen LogP contribution in [0, 0.1) is 5.82 Å². The maximum absolute atomic E-state index is 13.4. The summed E-state index contributed by atoms with van der Waals surface area (Å²) in [5, 5.41) is 11.9. The van der Waals surface area contributed by atoms with E-state index in [1.807, 2.05) is 0 Å². The molecule has 2 N–H and O–H groups in total. The minimum atomic E-state index is -0.707. The summed E-state index contributed by atoms with van der Waals surface area (Å²) in [5.41, 5.74) is -0.0311. The van der Waals surface area contributed by atoms with Gasteiger partial charge in [0.05, 0.1) is 5.56 Å². The van der Waals surface area contributed by atoms with Crippen LogP contribution >= 0.6 is 0 Å². The number of nitrogens with zero attached hydrogens (tertiary/aromatic N) is 1. The Morgan fingerprint density at radius 1 is 1.56 bits per heavy atom. The van der Waals surface area contributed by atoms with E-state index in [0.29, 0.717) is 13.1 Å². The van der Waals surface area contributed by atoms with Gasteiger partial charge in [-0.15, -0.1) is 0 Å². The molecule has 0 aliphatic carbocycles. The molecule has 1 aromatic rings. The predicted octanol–water partition coefficient (Wildman–Crippen LogP) is 0.823. The summed E-state index contributed by atoms with van der Waals surface area (Å²) < 4.78 is 13.4. The van der Waals surface area contributed by atoms with Crippen molar-refractivity contribution >= 4 is 5.91 Å². The summed E-state index contributed by atoms with van der Waals surface area (Å²) in [6.07, 6.45) is 0. The molecule has 0 saturated carbocycles. The summed E-state index contributed by atoms with van der Waals surface area (Å²) in [6.45, 7) is 1.14. The largest absolute Gasteiger partial charge is 0.508 e. The molecule has 0 aliphatic rings. The third-order valence-corrected chi connectivity index (χ3v) is 2.23. The zero-order valence-corrected chi connectivity index (χ0v) is 9.33. The van der Waals surface area contributed by atoms with Gasteiger partial charge < -0.3 is 15.3 Å². The summed E-state index contributed by atoms with van der Waals surface area (Å²) in [7, 11) is 3.38. The summed E-state index contributed by atoms with van der Waals surface area (Å²) >= 11 is 0. The predicted molar refractivity (Wildman–Crippen MR) is 59.0 cm³/mol. The molecular formula is C11H15FN2O2. The number of phenolic OH excluding ortho intramolecular Hbond substituents is 1. The Hall–Kier alpha value is -1.62. The zero-order chi connectivity index (χ0) is 12.1. The third-order valence-electron chi connectivity index (χ3n) is 2.23. The fourth-order valence-electron chi connectivity index (χ4n) is 1.26. The molecule has 0 heterocycles. The number of hydrogen-bond acceptors (Lipinski definition) is 3. The normalized spacial score (nSPS) is 10.2. The van der Waals surface area contributed by atoms with E-state index in [-0.39, 0.29) is 11.3 Å². The molecule has 4 nitrogen and oxygen atoms in total. The Labute approximate surface area is 93.7 Å². The van der Waals surface area contributed by atoms with Crippen molar-refractivity contribution in [2.75, 3.05) is 27.2 Å². The molecule has 0 bridgehead atoms. The Kier molecular flexibility index (Phi) is 4.25. The van der Waals surface area contributed by atoms with Gasteiger partial charge in [0, 0.05) is 26.2 Å². The molecule has 88 valence electrons. The first-order valence-corrected chi connectivity index (χ1v) is 4.95. The van der Waals surface area contributed by atoms with Gasteiger partial charge in [-0.25, -0.2) is 4.39 Å². The molecule has 0 radical (unpaired) electrons. The highest BCUT2D eigenvalue weighted by molar-refractivity contribution is 5.94. The second kappa shape index (κ2) is 5.46. The van der Waals surface area contributed by atoms with Gasteiger partial charge in [-0.1, -0.05) is 0 Å². The van der Waals surface area contributed by atoms with Crippen molar-refractivity contribution in [2.24, 2.45) is 0 Å². The third kappa shape index (κ3) is 2.93. The van der Waals surface area contributed by atoms with E-state index in [1.165, 1.54) is 17.0 Å². The van der Waals surface area contributed by atoms with Crippen molar-refractivity contribution < 1.29 is 14.3 Å². The summed E-state index contributed by atoms with van der Waals surface area (Å²) in [4.78, 5) is 13.2. The van der Waals surface area contributed by atoms with E-state index in [9.17, 15) is 9.18 Å². The van der Waals surface area contributed by atoms with Crippen LogP contribution in [0.4, 0.5) is 4.39 Å². The lowest BCUT2D eigenvalue weighted by molar-refractivity contribution is 0.0792. The van der Waals surface area contributed by atoms with E-state index in [2.05, 4.69) is 5.32 Å². The monoisotopic (exact) mass is 226 g/mol. The van der Waals surface area contributed by atoms with Crippen molar-refractivity contribution in [3.8, 4) is 5.75 Å². The fraction of sp³-hybridized carbons (Fsp3) is 0.364. The number of hydrogen-bond donors (Lipinski definition) is 2. The first-order chi connectivity index (χ1) is 7.56. The van der Waals surface area contributed by atoms with Gasteiger partial charge >= 0.3 is 0 Å². The first kappa shape index (κ1) is 12.4. The number of rotatable bonds is 4. The minimum Gasteiger partial charge on any atom is -0.508 e. The van der Waals surface area contributed by atoms with Gasteiger partial charge in [0.15, 0.2) is 0 Å². The molecule has 0 aromatic heterocycles. The number of carbonyl (C=O) groups excluding carboxylic acids is 1. The number of amides is 1. The molecule has 1 rings (SSSR count). The Morgan fingerprint density at radius 3 is 2.81 bits per heavy atom. The highest BCUT2D eigenvalue weighted by Gasteiger charge is 2.15. The van der Waals surface area contributed by atoms with E-state index >= 15 is 0 Å². The molecule has 5 heteroatoms. The van der Waals surface area contributed by atoms with Crippen molar-refractivity contribution in [3.63, 3.8) is 0 Å². The van der Waals surface area contributed by atoms with Crippen LogP contribution in [-0.4, -0.2) is 43.1 Å². The maximum atomic E-state index is 13.4. The molecule has 1 amide bonds. The number of carbonyl (C=O) groups is 1. The van der Waals surface area contributed by atoms with Gasteiger partial charge in [0.1, 0.15) is 11.6 Å². The molecule has 0 saturated heterocycles. The van der Waals surface area contributed by atoms with Gasteiger partial charge in [-0.2, -0.15) is 0 Å². The van der Waals surface area contributed by atoms with E-state index in [4.69, 9.17) is 5.11 Å². The summed E-state index contributed by atoms with van der Waals surface area (Å²) in [5.74, 6) is -1.29. The molecule has 0 atom stereocenters. The van der Waals surface area contributed by atoms with Crippen LogP contribution in [0.3, 0.4) is 0 Å². The molecule has 1 aromatic carbocycles. The van der Waals surface area contributed by atoms with E-state index in [1.54, 1.807) is 14.1 Å². The quantitative estimate of drug-likeness (QED) is 0.799. The number of phenols is 1. The topological polar surface area (TPSA) is 52.6 Å². The zero-order valence-electron chi connectivity index (χ0n) is 9.33.